The fraction of sp³-hybridized carbons (Fsp3) is 0.565. The van der Waals surface area contributed by atoms with Gasteiger partial charge in [-0.05, 0) is 51.2 Å². The summed E-state index contributed by atoms with van der Waals surface area (Å²) in [5.74, 6) is -1.99. The highest BCUT2D eigenvalue weighted by Crippen LogP contribution is 2.35. The van der Waals surface area contributed by atoms with Crippen LogP contribution >= 0.6 is 0 Å². The molecule has 3 N–H and O–H groups in total. The number of fused-ring (bicyclic) bond motifs is 1. The molecule has 1 aliphatic rings. The van der Waals surface area contributed by atoms with Crippen molar-refractivity contribution in [2.45, 2.75) is 71.1 Å². The van der Waals surface area contributed by atoms with Gasteiger partial charge in [-0.25, -0.2) is 9.59 Å². The molecule has 0 bridgehead atoms. The molecule has 1 aromatic carbocycles. The molecule has 3 amide bonds. The van der Waals surface area contributed by atoms with Crippen LogP contribution in [0.5, 0.6) is 0 Å². The van der Waals surface area contributed by atoms with Crippen molar-refractivity contribution in [3.63, 3.8) is 0 Å². The van der Waals surface area contributed by atoms with Crippen LogP contribution in [0, 0.1) is 5.92 Å². The molecule has 0 radical (unpaired) electrons. The van der Waals surface area contributed by atoms with Crippen molar-refractivity contribution in [2.75, 3.05) is 12.4 Å². The van der Waals surface area contributed by atoms with Crippen LogP contribution in [0.25, 0.3) is 0 Å². The van der Waals surface area contributed by atoms with Gasteiger partial charge in [-0.15, -0.1) is 0 Å². The molecule has 1 heterocycles. The molecular formula is C23H33N3O6. The number of rotatable bonds is 8. The van der Waals surface area contributed by atoms with Crippen LogP contribution in [0.15, 0.2) is 24.3 Å². The number of nitrogens with one attached hydrogen (secondary N) is 3. The minimum absolute atomic E-state index is 0.0299. The third kappa shape index (κ3) is 6.96. The number of hydrogen-bond donors (Lipinski definition) is 3. The molecule has 0 aliphatic carbocycles. The lowest BCUT2D eigenvalue weighted by Crippen LogP contribution is -2.53. The molecule has 0 aromatic heterocycles. The topological polar surface area (TPSA) is 123 Å². The van der Waals surface area contributed by atoms with Gasteiger partial charge >= 0.3 is 12.1 Å². The molecule has 32 heavy (non-hydrogen) atoms. The molecule has 9 nitrogen and oxygen atoms in total. The van der Waals surface area contributed by atoms with Crippen molar-refractivity contribution >= 4 is 29.6 Å². The number of hydrogen-bond acceptors (Lipinski definition) is 6. The van der Waals surface area contributed by atoms with Crippen LogP contribution in [0.1, 0.15) is 58.9 Å². The molecule has 0 saturated heterocycles. The summed E-state index contributed by atoms with van der Waals surface area (Å²) in [7, 11) is 1.22. The molecule has 1 unspecified atom stereocenters. The van der Waals surface area contributed by atoms with Crippen LogP contribution in [-0.2, 0) is 23.9 Å². The van der Waals surface area contributed by atoms with Crippen LogP contribution < -0.4 is 16.0 Å². The Labute approximate surface area is 188 Å². The summed E-state index contributed by atoms with van der Waals surface area (Å²) in [4.78, 5) is 50.2. The molecule has 0 saturated carbocycles. The largest absolute Gasteiger partial charge is 0.467 e. The standard InChI is InChI=1S/C23H33N3O6/c1-13(2)11-17(26-22(30)32-23(3,4)5)20(28)25-18(21(29)31-6)12-15-14-9-7-8-10-16(14)24-19(15)27/h7-10,13,15,17-18H,11-12H2,1-6H3,(H,24,27)(H,25,28)(H,26,30)/t15?,17-,18-/m0/s1. The van der Waals surface area contributed by atoms with Gasteiger partial charge in [0.05, 0.1) is 13.0 Å². The van der Waals surface area contributed by atoms with Gasteiger partial charge in [0.1, 0.15) is 17.7 Å². The van der Waals surface area contributed by atoms with E-state index < -0.39 is 41.6 Å². The first-order chi connectivity index (χ1) is 14.9. The summed E-state index contributed by atoms with van der Waals surface area (Å²) in [5.41, 5.74) is 0.716. The Morgan fingerprint density at radius 2 is 1.75 bits per heavy atom. The highest BCUT2D eigenvalue weighted by atomic mass is 16.6. The van der Waals surface area contributed by atoms with E-state index in [1.54, 1.807) is 45.0 Å². The average molecular weight is 448 g/mol. The maximum atomic E-state index is 13.0. The summed E-state index contributed by atoms with van der Waals surface area (Å²) in [5, 5.41) is 8.02. The summed E-state index contributed by atoms with van der Waals surface area (Å²) in [6, 6.07) is 5.22. The van der Waals surface area contributed by atoms with Crippen LogP contribution in [-0.4, -0.2) is 48.7 Å². The first kappa shape index (κ1) is 25.2. The molecule has 1 aliphatic heterocycles. The van der Waals surface area contributed by atoms with Gasteiger partial charge in [0, 0.05) is 5.69 Å². The zero-order valence-electron chi connectivity index (χ0n) is 19.5. The molecule has 0 fully saturated rings. The summed E-state index contributed by atoms with van der Waals surface area (Å²) in [6.07, 6.45) is -0.356. The lowest BCUT2D eigenvalue weighted by atomic mass is 9.93. The van der Waals surface area contributed by atoms with E-state index in [0.29, 0.717) is 12.1 Å². The molecule has 9 heteroatoms. The normalized spacial score (nSPS) is 17.1. The van der Waals surface area contributed by atoms with E-state index in [1.807, 2.05) is 13.8 Å². The number of carbonyl (C=O) groups excluding carboxylic acids is 4. The van der Waals surface area contributed by atoms with Crippen LogP contribution in [0.2, 0.25) is 0 Å². The second-order valence-electron chi connectivity index (χ2n) is 9.28. The summed E-state index contributed by atoms with van der Waals surface area (Å²) in [6.45, 7) is 8.99. The predicted molar refractivity (Wildman–Crippen MR) is 119 cm³/mol. The smallest absolute Gasteiger partial charge is 0.408 e. The third-order valence-electron chi connectivity index (χ3n) is 4.90. The molecule has 0 spiro atoms. The molecule has 3 atom stereocenters. The quantitative estimate of drug-likeness (QED) is 0.527. The van der Waals surface area contributed by atoms with E-state index >= 15 is 0 Å². The number of ether oxygens (including phenoxy) is 2. The Bertz CT molecular complexity index is 862. The molecule has 176 valence electrons. The lowest BCUT2D eigenvalue weighted by molar-refractivity contribution is -0.145. The highest BCUT2D eigenvalue weighted by Gasteiger charge is 2.36. The summed E-state index contributed by atoms with van der Waals surface area (Å²) < 4.78 is 10.1. The first-order valence-corrected chi connectivity index (χ1v) is 10.7. The van der Waals surface area contributed by atoms with Gasteiger partial charge in [0.25, 0.3) is 0 Å². The monoisotopic (exact) mass is 447 g/mol. The number of para-hydroxylation sites is 1. The molecule has 2 rings (SSSR count). The zero-order chi connectivity index (χ0) is 24.1. The van der Waals surface area contributed by atoms with Crippen molar-refractivity contribution in [2.24, 2.45) is 5.92 Å². The van der Waals surface area contributed by atoms with E-state index in [1.165, 1.54) is 7.11 Å². The molecular weight excluding hydrogens is 414 g/mol. The zero-order valence-corrected chi connectivity index (χ0v) is 19.5. The van der Waals surface area contributed by atoms with E-state index in [9.17, 15) is 19.2 Å². The van der Waals surface area contributed by atoms with E-state index in [2.05, 4.69) is 16.0 Å². The van der Waals surface area contributed by atoms with Crippen molar-refractivity contribution < 1.29 is 28.7 Å². The Balaban J connectivity index is 2.16. The average Bonchev–Trinajstić information content (AvgIpc) is 2.99. The minimum Gasteiger partial charge on any atom is -0.467 e. The lowest BCUT2D eigenvalue weighted by Gasteiger charge is -2.26. The van der Waals surface area contributed by atoms with Crippen LogP contribution in [0.3, 0.4) is 0 Å². The fourth-order valence-electron chi connectivity index (χ4n) is 3.53. The first-order valence-electron chi connectivity index (χ1n) is 10.7. The number of carbonyl (C=O) groups is 4. The Kier molecular flexibility index (Phi) is 8.24. The van der Waals surface area contributed by atoms with Gasteiger partial charge in [-0.1, -0.05) is 32.0 Å². The Hall–Kier alpha value is -3.10. The van der Waals surface area contributed by atoms with Gasteiger partial charge < -0.3 is 25.4 Å². The number of benzene rings is 1. The van der Waals surface area contributed by atoms with E-state index in [-0.39, 0.29) is 18.2 Å². The summed E-state index contributed by atoms with van der Waals surface area (Å²) >= 11 is 0. The fourth-order valence-corrected chi connectivity index (χ4v) is 3.53. The second-order valence-corrected chi connectivity index (χ2v) is 9.28. The highest BCUT2D eigenvalue weighted by molar-refractivity contribution is 6.03. The van der Waals surface area contributed by atoms with Gasteiger partial charge in [-0.2, -0.15) is 0 Å². The van der Waals surface area contributed by atoms with Gasteiger partial charge in [0.2, 0.25) is 11.8 Å². The van der Waals surface area contributed by atoms with Crippen molar-refractivity contribution in [3.8, 4) is 0 Å². The number of methoxy groups -OCH3 is 1. The van der Waals surface area contributed by atoms with Crippen LogP contribution in [0.4, 0.5) is 10.5 Å². The van der Waals surface area contributed by atoms with Gasteiger partial charge in [-0.3, -0.25) is 9.59 Å². The number of amides is 3. The van der Waals surface area contributed by atoms with Crippen molar-refractivity contribution in [1.29, 1.82) is 0 Å². The third-order valence-corrected chi connectivity index (χ3v) is 4.90. The van der Waals surface area contributed by atoms with Gasteiger partial charge in [0.15, 0.2) is 0 Å². The van der Waals surface area contributed by atoms with E-state index in [0.717, 1.165) is 5.56 Å². The maximum absolute atomic E-state index is 13.0. The predicted octanol–water partition coefficient (Wildman–Crippen LogP) is 2.71. The maximum Gasteiger partial charge on any atom is 0.408 e. The second kappa shape index (κ2) is 10.5. The number of alkyl carbamates (subject to hydrolysis) is 1. The van der Waals surface area contributed by atoms with Crippen molar-refractivity contribution in [3.05, 3.63) is 29.8 Å². The Morgan fingerprint density at radius 3 is 2.34 bits per heavy atom. The Morgan fingerprint density at radius 1 is 1.09 bits per heavy atom. The number of esters is 1. The minimum atomic E-state index is -1.07. The SMILES string of the molecule is COC(=O)[C@H](CC1C(=O)Nc2ccccc21)NC(=O)[C@H](CC(C)C)NC(=O)OC(C)(C)C. The molecule has 1 aromatic rings. The van der Waals surface area contributed by atoms with E-state index in [4.69, 9.17) is 9.47 Å². The number of anilines is 1. The van der Waals surface area contributed by atoms with Crippen molar-refractivity contribution in [1.82, 2.24) is 10.6 Å².